The molecule has 6 heteroatoms. The first kappa shape index (κ1) is 17.4. The van der Waals surface area contributed by atoms with Crippen molar-refractivity contribution in [1.29, 1.82) is 0 Å². The second-order valence-electron chi connectivity index (χ2n) is 6.07. The highest BCUT2D eigenvalue weighted by Crippen LogP contribution is 2.16. The van der Waals surface area contributed by atoms with Crippen LogP contribution < -0.4 is 0 Å². The molecule has 2 aromatic rings. The Balaban J connectivity index is 1.52. The second-order valence-corrected chi connectivity index (χ2v) is 7.45. The highest BCUT2D eigenvalue weighted by molar-refractivity contribution is 7.09. The summed E-state index contributed by atoms with van der Waals surface area (Å²) in [7, 11) is 0. The summed E-state index contributed by atoms with van der Waals surface area (Å²) in [4.78, 5) is 21.3. The molecule has 0 saturated carbocycles. The molecule has 1 saturated heterocycles. The lowest BCUT2D eigenvalue weighted by Crippen LogP contribution is -2.48. The molecule has 0 atom stereocenters. The van der Waals surface area contributed by atoms with Crippen LogP contribution in [0.2, 0.25) is 5.02 Å². The van der Waals surface area contributed by atoms with Crippen LogP contribution in [-0.2, 0) is 13.0 Å². The Hall–Kier alpha value is -1.43. The first-order valence-electron chi connectivity index (χ1n) is 8.36. The van der Waals surface area contributed by atoms with Crippen LogP contribution >= 0.6 is 22.9 Å². The molecule has 24 heavy (non-hydrogen) atoms. The van der Waals surface area contributed by atoms with Gasteiger partial charge < -0.3 is 4.90 Å². The van der Waals surface area contributed by atoms with E-state index in [0.29, 0.717) is 5.69 Å². The summed E-state index contributed by atoms with van der Waals surface area (Å²) in [6, 6.07) is 7.97. The average molecular weight is 364 g/mol. The Morgan fingerprint density at radius 1 is 1.21 bits per heavy atom. The zero-order valence-electron chi connectivity index (χ0n) is 13.9. The number of carbonyl (C=O) groups excluding carboxylic acids is 1. The van der Waals surface area contributed by atoms with Crippen molar-refractivity contribution in [2.75, 3.05) is 26.2 Å². The van der Waals surface area contributed by atoms with Gasteiger partial charge in [-0.15, -0.1) is 11.3 Å². The van der Waals surface area contributed by atoms with Gasteiger partial charge in [-0.2, -0.15) is 0 Å². The summed E-state index contributed by atoms with van der Waals surface area (Å²) in [6.07, 6.45) is 2.01. The predicted octanol–water partition coefficient (Wildman–Crippen LogP) is 3.71. The van der Waals surface area contributed by atoms with E-state index >= 15 is 0 Å². The van der Waals surface area contributed by atoms with Gasteiger partial charge in [0.1, 0.15) is 5.69 Å². The first-order valence-corrected chi connectivity index (χ1v) is 9.62. The topological polar surface area (TPSA) is 36.4 Å². The molecule has 0 N–H and O–H groups in total. The number of carbonyl (C=O) groups is 1. The molecule has 3 rings (SSSR count). The van der Waals surface area contributed by atoms with Gasteiger partial charge in [0.05, 0.1) is 5.01 Å². The van der Waals surface area contributed by atoms with E-state index in [9.17, 15) is 4.79 Å². The molecule has 1 aliphatic heterocycles. The molecule has 1 aromatic carbocycles. The third-order valence-corrected chi connectivity index (χ3v) is 5.37. The normalized spacial score (nSPS) is 15.7. The van der Waals surface area contributed by atoms with E-state index in [4.69, 9.17) is 11.6 Å². The van der Waals surface area contributed by atoms with Crippen LogP contribution in [0.3, 0.4) is 0 Å². The first-order chi connectivity index (χ1) is 11.7. The molecule has 1 fully saturated rings. The van der Waals surface area contributed by atoms with Crippen LogP contribution in [0.4, 0.5) is 0 Å². The van der Waals surface area contributed by atoms with Gasteiger partial charge in [0.25, 0.3) is 5.91 Å². The molecule has 4 nitrogen and oxygen atoms in total. The van der Waals surface area contributed by atoms with Crippen LogP contribution in [-0.4, -0.2) is 46.9 Å². The van der Waals surface area contributed by atoms with Crippen LogP contribution in [0.15, 0.2) is 29.6 Å². The lowest BCUT2D eigenvalue weighted by Gasteiger charge is -2.34. The van der Waals surface area contributed by atoms with E-state index in [0.717, 1.165) is 55.6 Å². The molecule has 0 unspecified atom stereocenters. The van der Waals surface area contributed by atoms with Crippen LogP contribution in [0.1, 0.15) is 34.4 Å². The summed E-state index contributed by atoms with van der Waals surface area (Å²) in [5, 5.41) is 3.72. The molecule has 1 amide bonds. The Kier molecular flexibility index (Phi) is 5.87. The fourth-order valence-electron chi connectivity index (χ4n) is 2.86. The van der Waals surface area contributed by atoms with Gasteiger partial charge in [0, 0.05) is 43.1 Å². The molecule has 128 valence electrons. The highest BCUT2D eigenvalue weighted by atomic mass is 35.5. The average Bonchev–Trinajstić information content (AvgIpc) is 3.06. The van der Waals surface area contributed by atoms with Crippen molar-refractivity contribution in [2.24, 2.45) is 0 Å². The zero-order chi connectivity index (χ0) is 16.9. The number of hydrogen-bond donors (Lipinski definition) is 0. The molecule has 0 spiro atoms. The summed E-state index contributed by atoms with van der Waals surface area (Å²) in [5.74, 6) is 0.0692. The zero-order valence-corrected chi connectivity index (χ0v) is 15.4. The van der Waals surface area contributed by atoms with Crippen molar-refractivity contribution < 1.29 is 4.79 Å². The standard InChI is InChI=1S/C18H22ClN3OS/c1-2-3-17-20-16(13-24-17)18(23)22-10-8-21(9-11-22)12-14-4-6-15(19)7-5-14/h4-7,13H,2-3,8-12H2,1H3. The molecule has 2 heterocycles. The molecule has 0 aliphatic carbocycles. The smallest absolute Gasteiger partial charge is 0.273 e. The van der Waals surface area contributed by atoms with Gasteiger partial charge in [0.2, 0.25) is 0 Å². The van der Waals surface area contributed by atoms with Crippen molar-refractivity contribution in [1.82, 2.24) is 14.8 Å². The predicted molar refractivity (Wildman–Crippen MR) is 98.7 cm³/mol. The molecular formula is C18H22ClN3OS. The number of benzene rings is 1. The van der Waals surface area contributed by atoms with Gasteiger partial charge in [-0.3, -0.25) is 9.69 Å². The number of thiazole rings is 1. The van der Waals surface area contributed by atoms with E-state index < -0.39 is 0 Å². The number of rotatable bonds is 5. The largest absolute Gasteiger partial charge is 0.335 e. The monoisotopic (exact) mass is 363 g/mol. The molecular weight excluding hydrogens is 342 g/mol. The fraction of sp³-hybridized carbons (Fsp3) is 0.444. The van der Waals surface area contributed by atoms with Crippen LogP contribution in [0, 0.1) is 0 Å². The van der Waals surface area contributed by atoms with Crippen molar-refractivity contribution in [3.8, 4) is 0 Å². The van der Waals surface area contributed by atoms with Gasteiger partial charge in [0.15, 0.2) is 0 Å². The summed E-state index contributed by atoms with van der Waals surface area (Å²) < 4.78 is 0. The molecule has 0 bridgehead atoms. The number of hydrogen-bond acceptors (Lipinski definition) is 4. The molecule has 1 aromatic heterocycles. The maximum atomic E-state index is 12.6. The number of amides is 1. The van der Waals surface area contributed by atoms with Crippen molar-refractivity contribution in [3.05, 3.63) is 50.9 Å². The Labute approximate surface area is 152 Å². The van der Waals surface area contributed by atoms with E-state index in [1.807, 2.05) is 22.4 Å². The van der Waals surface area contributed by atoms with E-state index in [1.54, 1.807) is 11.3 Å². The van der Waals surface area contributed by atoms with E-state index in [2.05, 4.69) is 28.9 Å². The SMILES string of the molecule is CCCc1nc(C(=O)N2CCN(Cc3ccc(Cl)cc3)CC2)cs1. The minimum Gasteiger partial charge on any atom is -0.335 e. The fourth-order valence-corrected chi connectivity index (χ4v) is 3.86. The minimum atomic E-state index is 0.0692. The number of aryl methyl sites for hydroxylation is 1. The highest BCUT2D eigenvalue weighted by Gasteiger charge is 2.23. The van der Waals surface area contributed by atoms with E-state index in [1.165, 1.54) is 5.56 Å². The summed E-state index contributed by atoms with van der Waals surface area (Å²) in [5.41, 5.74) is 1.86. The van der Waals surface area contributed by atoms with Gasteiger partial charge >= 0.3 is 0 Å². The molecule has 1 aliphatic rings. The minimum absolute atomic E-state index is 0.0692. The van der Waals surface area contributed by atoms with Crippen molar-refractivity contribution in [2.45, 2.75) is 26.3 Å². The van der Waals surface area contributed by atoms with Crippen molar-refractivity contribution >= 4 is 28.8 Å². The van der Waals surface area contributed by atoms with E-state index in [-0.39, 0.29) is 5.91 Å². The number of aromatic nitrogens is 1. The number of nitrogens with zero attached hydrogens (tertiary/aromatic N) is 3. The number of halogens is 1. The van der Waals surface area contributed by atoms with Crippen molar-refractivity contribution in [3.63, 3.8) is 0 Å². The Morgan fingerprint density at radius 2 is 1.92 bits per heavy atom. The third-order valence-electron chi connectivity index (χ3n) is 4.21. The Morgan fingerprint density at radius 3 is 2.58 bits per heavy atom. The number of piperazine rings is 1. The lowest BCUT2D eigenvalue weighted by molar-refractivity contribution is 0.0623. The second kappa shape index (κ2) is 8.10. The molecule has 0 radical (unpaired) electrons. The van der Waals surface area contributed by atoms with Gasteiger partial charge in [-0.05, 0) is 30.5 Å². The third kappa shape index (κ3) is 4.35. The Bertz CT molecular complexity index is 678. The summed E-state index contributed by atoms with van der Waals surface area (Å²) >= 11 is 7.52. The summed E-state index contributed by atoms with van der Waals surface area (Å²) in [6.45, 7) is 6.32. The van der Waals surface area contributed by atoms with Crippen LogP contribution in [0.25, 0.3) is 0 Å². The maximum Gasteiger partial charge on any atom is 0.273 e. The lowest BCUT2D eigenvalue weighted by atomic mass is 10.2. The maximum absolute atomic E-state index is 12.6. The van der Waals surface area contributed by atoms with Gasteiger partial charge in [-0.1, -0.05) is 30.7 Å². The van der Waals surface area contributed by atoms with Crippen LogP contribution in [0.5, 0.6) is 0 Å². The quantitative estimate of drug-likeness (QED) is 0.812. The van der Waals surface area contributed by atoms with Gasteiger partial charge in [-0.25, -0.2) is 4.98 Å².